The van der Waals surface area contributed by atoms with E-state index in [0.29, 0.717) is 25.0 Å². The lowest BCUT2D eigenvalue weighted by Gasteiger charge is -2.44. The van der Waals surface area contributed by atoms with Gasteiger partial charge in [0.05, 0.1) is 0 Å². The molecule has 0 aromatic heterocycles. The van der Waals surface area contributed by atoms with Crippen LogP contribution in [-0.4, -0.2) is 67.8 Å². The molecule has 2 aliphatic heterocycles. The summed E-state index contributed by atoms with van der Waals surface area (Å²) in [5.74, 6) is -1.93. The largest absolute Gasteiger partial charge is 0.480 e. The van der Waals surface area contributed by atoms with Gasteiger partial charge in [-0.1, -0.05) is 9.06 Å². The number of carboxylic acid groups (broad SMARTS) is 2. The summed E-state index contributed by atoms with van der Waals surface area (Å²) in [6.07, 6.45) is -4.18. The van der Waals surface area contributed by atoms with Crippen LogP contribution in [0, 0.1) is 0 Å². The topological polar surface area (TPSA) is 94.9 Å². The Morgan fingerprint density at radius 3 is 2.36 bits per heavy atom. The van der Waals surface area contributed by atoms with Gasteiger partial charge in [-0.3, -0.25) is 4.79 Å². The van der Waals surface area contributed by atoms with Crippen LogP contribution >= 0.6 is 19.9 Å². The summed E-state index contributed by atoms with van der Waals surface area (Å²) in [4.78, 5) is 36.2. The van der Waals surface area contributed by atoms with Crippen LogP contribution in [0.15, 0.2) is 0 Å². The molecule has 144 valence electrons. The zero-order valence-electron chi connectivity index (χ0n) is 13.3. The van der Waals surface area contributed by atoms with E-state index < -0.39 is 50.1 Å². The van der Waals surface area contributed by atoms with Gasteiger partial charge in [0.2, 0.25) is 5.91 Å². The van der Waals surface area contributed by atoms with Crippen LogP contribution in [0.2, 0.25) is 0 Å². The zero-order chi connectivity index (χ0) is 18.8. The molecule has 2 fully saturated rings. The molecule has 0 aliphatic carbocycles. The Morgan fingerprint density at radius 2 is 1.88 bits per heavy atom. The van der Waals surface area contributed by atoms with E-state index in [2.05, 4.69) is 0 Å². The average Bonchev–Trinajstić information content (AvgIpc) is 3.01. The Bertz CT molecular complexity index is 551. The molecule has 25 heavy (non-hydrogen) atoms. The Labute approximate surface area is 147 Å². The molecule has 0 bridgehead atoms. The number of hydrogen-bond donors (Lipinski definition) is 2. The molecule has 2 saturated heterocycles. The fourth-order valence-corrected chi connectivity index (χ4v) is 9.69. The summed E-state index contributed by atoms with van der Waals surface area (Å²) in [5, 5.41) is 14.9. The van der Waals surface area contributed by atoms with Gasteiger partial charge in [0.25, 0.3) is 0 Å². The van der Waals surface area contributed by atoms with Crippen molar-refractivity contribution in [3.05, 3.63) is 0 Å². The fourth-order valence-electron chi connectivity index (χ4n) is 3.23. The number of rotatable bonds is 4. The van der Waals surface area contributed by atoms with Crippen molar-refractivity contribution >= 4 is 37.0 Å². The van der Waals surface area contributed by atoms with Crippen LogP contribution in [0.5, 0.6) is 0 Å². The maximum atomic E-state index is 13.7. The predicted octanol–water partition coefficient (Wildman–Crippen LogP) is 3.31. The van der Waals surface area contributed by atoms with Crippen molar-refractivity contribution < 1.29 is 37.8 Å². The van der Waals surface area contributed by atoms with Crippen molar-refractivity contribution in [3.63, 3.8) is 0 Å². The maximum absolute atomic E-state index is 13.7. The van der Waals surface area contributed by atoms with Gasteiger partial charge in [-0.2, -0.15) is 13.2 Å². The third-order valence-corrected chi connectivity index (χ3v) is 11.6. The van der Waals surface area contributed by atoms with Gasteiger partial charge in [-0.05, 0) is 31.4 Å². The van der Waals surface area contributed by atoms with Crippen molar-refractivity contribution in [2.45, 2.75) is 49.6 Å². The number of halogens is 3. The van der Waals surface area contributed by atoms with Gasteiger partial charge in [0.15, 0.2) is 0 Å². The molecule has 2 heterocycles. The Balaban J connectivity index is 2.27. The second-order valence-corrected chi connectivity index (χ2v) is 12.0. The number of carboxylic acids is 1. The van der Waals surface area contributed by atoms with E-state index in [1.54, 1.807) is 0 Å². The van der Waals surface area contributed by atoms with Crippen molar-refractivity contribution in [2.24, 2.45) is 0 Å². The first-order chi connectivity index (χ1) is 11.6. The molecule has 11 heteroatoms. The molecule has 0 radical (unpaired) electrons. The molecule has 2 aliphatic rings. The average molecular weight is 403 g/mol. The van der Waals surface area contributed by atoms with Gasteiger partial charge in [-0.25, -0.2) is 9.59 Å². The number of hydrogen-bond acceptors (Lipinski definition) is 4. The van der Waals surface area contributed by atoms with Crippen LogP contribution in [-0.2, 0) is 9.59 Å². The minimum Gasteiger partial charge on any atom is -0.480 e. The monoisotopic (exact) mass is 403 g/mol. The lowest BCUT2D eigenvalue weighted by molar-refractivity contribution is -0.152. The van der Waals surface area contributed by atoms with Gasteiger partial charge >= 0.3 is 17.4 Å². The zero-order valence-corrected chi connectivity index (χ0v) is 15.0. The van der Waals surface area contributed by atoms with E-state index in [-0.39, 0.29) is 18.7 Å². The number of likely N-dealkylation sites (tertiary alicyclic amines) is 1. The third kappa shape index (κ3) is 4.18. The number of alkyl halides is 3. The van der Waals surface area contributed by atoms with Crippen molar-refractivity contribution in [2.75, 3.05) is 18.1 Å². The van der Waals surface area contributed by atoms with Crippen LogP contribution in [0.1, 0.15) is 32.1 Å². The highest BCUT2D eigenvalue weighted by Gasteiger charge is 2.56. The fraction of sp³-hybridized carbons (Fsp3) is 0.786. The third-order valence-electron chi connectivity index (χ3n) is 4.47. The number of nitrogens with zero attached hydrogens (tertiary/aromatic N) is 1. The highest BCUT2D eigenvalue weighted by Crippen LogP contribution is 2.70. The van der Waals surface area contributed by atoms with E-state index in [9.17, 15) is 32.7 Å². The van der Waals surface area contributed by atoms with Crippen molar-refractivity contribution in [1.82, 2.24) is 4.90 Å². The predicted molar refractivity (Wildman–Crippen MR) is 89.0 cm³/mol. The smallest absolute Gasteiger partial charge is 0.400 e. The lowest BCUT2D eigenvalue weighted by Crippen LogP contribution is -2.46. The summed E-state index contributed by atoms with van der Waals surface area (Å²) in [6.45, 7) is 0.0862. The summed E-state index contributed by atoms with van der Waals surface area (Å²) in [6, 6.07) is -1.13. The van der Waals surface area contributed by atoms with Crippen LogP contribution in [0.3, 0.4) is 0 Å². The lowest BCUT2D eigenvalue weighted by atomic mass is 10.2. The molecular formula is C14H20F3NO5S2. The van der Waals surface area contributed by atoms with Crippen LogP contribution in [0.25, 0.3) is 0 Å². The molecule has 2 rings (SSSR count). The van der Waals surface area contributed by atoms with Gasteiger partial charge in [0, 0.05) is 18.7 Å². The molecule has 0 aromatic carbocycles. The molecular weight excluding hydrogens is 383 g/mol. The number of carbonyl (C=O) groups excluding carboxylic acids is 1. The normalized spacial score (nSPS) is 31.2. The minimum absolute atomic E-state index is 0.0766. The summed E-state index contributed by atoms with van der Waals surface area (Å²) in [5.41, 5.74) is 0. The quantitative estimate of drug-likeness (QED) is 0.700. The van der Waals surface area contributed by atoms with Gasteiger partial charge < -0.3 is 15.1 Å². The molecule has 1 amide bonds. The molecule has 0 aromatic rings. The molecule has 0 saturated carbocycles. The number of carbonyl (C=O) groups is 3. The number of amides is 1. The van der Waals surface area contributed by atoms with E-state index in [1.165, 1.54) is 0 Å². The van der Waals surface area contributed by atoms with Crippen molar-refractivity contribution in [3.8, 4) is 0 Å². The summed E-state index contributed by atoms with van der Waals surface area (Å²) < 4.78 is 41.0. The van der Waals surface area contributed by atoms with E-state index in [4.69, 9.17) is 5.11 Å². The number of aliphatic carboxylic acids is 1. The first-order valence-corrected chi connectivity index (χ1v) is 11.2. The Kier molecular flexibility index (Phi) is 6.18. The highest BCUT2D eigenvalue weighted by molar-refractivity contribution is 9.00. The molecule has 2 unspecified atom stereocenters. The summed E-state index contributed by atoms with van der Waals surface area (Å²) >= 11 is 0. The second-order valence-electron chi connectivity index (χ2n) is 6.04. The SMILES string of the molecule is O=C(O)[C@@H]1CCCN1C(=O)CC(C(F)(F)F)S1(C(=O)O)CCCCS1. The van der Waals surface area contributed by atoms with E-state index in [0.717, 1.165) is 15.7 Å². The standard InChI is InChI=1S/C14H20F3NO5S2/c15-14(16,17)10(25(13(22)23)7-2-1-6-24-25)8-11(19)18-5-3-4-9(18)12(20)21/h9-10H,1-8H2,(H,20,21)(H,22,23)/t9-,10?/m0/s1. The minimum atomic E-state index is -4.83. The van der Waals surface area contributed by atoms with Crippen molar-refractivity contribution in [1.29, 1.82) is 0 Å². The molecule has 0 spiro atoms. The van der Waals surface area contributed by atoms with Gasteiger partial charge in [0.1, 0.15) is 11.3 Å². The van der Waals surface area contributed by atoms with Gasteiger partial charge in [-0.15, -0.1) is 10.8 Å². The first kappa shape index (κ1) is 20.2. The van der Waals surface area contributed by atoms with E-state index >= 15 is 0 Å². The molecule has 3 atom stereocenters. The van der Waals surface area contributed by atoms with Crippen LogP contribution in [0.4, 0.5) is 18.0 Å². The van der Waals surface area contributed by atoms with E-state index in [1.807, 2.05) is 0 Å². The molecule has 2 N–H and O–H groups in total. The first-order valence-electron chi connectivity index (χ1n) is 7.86. The molecule has 6 nitrogen and oxygen atoms in total. The highest BCUT2D eigenvalue weighted by atomic mass is 33.2. The maximum Gasteiger partial charge on any atom is 0.400 e. The van der Waals surface area contributed by atoms with Crippen LogP contribution < -0.4 is 0 Å². The Morgan fingerprint density at radius 1 is 1.20 bits per heavy atom. The Hall–Kier alpha value is -1.10. The summed E-state index contributed by atoms with van der Waals surface area (Å²) in [7, 11) is -2.34. The second kappa shape index (κ2) is 7.65.